The molecule has 0 heterocycles. The first-order valence-corrected chi connectivity index (χ1v) is 9.27. The van der Waals surface area contributed by atoms with Crippen molar-refractivity contribution in [1.29, 1.82) is 0 Å². The van der Waals surface area contributed by atoms with Gasteiger partial charge in [0.05, 0.1) is 39.5 Å². The molecule has 0 aliphatic heterocycles. The summed E-state index contributed by atoms with van der Waals surface area (Å²) < 4.78 is 16.7. The molecule has 0 aliphatic carbocycles. The van der Waals surface area contributed by atoms with E-state index in [-0.39, 0.29) is 23.8 Å². The predicted molar refractivity (Wildman–Crippen MR) is 109 cm³/mol. The number of aromatic hydroxyl groups is 1. The van der Waals surface area contributed by atoms with Gasteiger partial charge in [-0.3, -0.25) is 4.79 Å². The number of hydrogen-bond acceptors (Lipinski definition) is 6. The van der Waals surface area contributed by atoms with E-state index < -0.39 is 0 Å². The van der Waals surface area contributed by atoms with Crippen LogP contribution in [0.1, 0.15) is 11.1 Å². The fourth-order valence-corrected chi connectivity index (χ4v) is 3.10. The van der Waals surface area contributed by atoms with E-state index >= 15 is 0 Å². The molecule has 2 N–H and O–H groups in total. The number of halogens is 2. The average Bonchev–Trinajstić information content (AvgIpc) is 2.67. The van der Waals surface area contributed by atoms with Crippen LogP contribution >= 0.6 is 31.9 Å². The van der Waals surface area contributed by atoms with Crippen LogP contribution in [0.15, 0.2) is 38.3 Å². The molecular formula is C18H18Br2N2O5. The molecule has 0 aliphatic rings. The van der Waals surface area contributed by atoms with E-state index in [1.54, 1.807) is 31.4 Å². The Hall–Kier alpha value is -2.26. The number of ether oxygens (including phenoxy) is 3. The average molecular weight is 502 g/mol. The van der Waals surface area contributed by atoms with E-state index in [2.05, 4.69) is 42.4 Å². The van der Waals surface area contributed by atoms with Crippen molar-refractivity contribution < 1.29 is 24.1 Å². The third-order valence-corrected chi connectivity index (χ3v) is 5.62. The fourth-order valence-electron chi connectivity index (χ4n) is 2.27. The van der Waals surface area contributed by atoms with Crippen molar-refractivity contribution in [2.75, 3.05) is 21.3 Å². The van der Waals surface area contributed by atoms with Gasteiger partial charge in [-0.05, 0) is 55.6 Å². The summed E-state index contributed by atoms with van der Waals surface area (Å²) in [6, 6.07) is 6.84. The smallest absolute Gasteiger partial charge is 0.244 e. The molecule has 0 bridgehead atoms. The molecule has 0 aromatic heterocycles. The lowest BCUT2D eigenvalue weighted by Gasteiger charge is -2.10. The largest absolute Gasteiger partial charge is 0.504 e. The summed E-state index contributed by atoms with van der Waals surface area (Å²) >= 11 is 6.71. The number of hydrazone groups is 1. The highest BCUT2D eigenvalue weighted by Gasteiger charge is 2.14. The predicted octanol–water partition coefficient (Wildman–Crippen LogP) is 3.64. The van der Waals surface area contributed by atoms with Gasteiger partial charge in [-0.15, -0.1) is 0 Å². The van der Waals surface area contributed by atoms with Crippen LogP contribution in [0.3, 0.4) is 0 Å². The molecule has 144 valence electrons. The highest BCUT2D eigenvalue weighted by atomic mass is 79.9. The van der Waals surface area contributed by atoms with Crippen LogP contribution in [0, 0.1) is 0 Å². The maximum atomic E-state index is 12.1. The number of benzene rings is 2. The van der Waals surface area contributed by atoms with Gasteiger partial charge in [0.1, 0.15) is 0 Å². The molecule has 0 spiro atoms. The van der Waals surface area contributed by atoms with Gasteiger partial charge in [0, 0.05) is 8.95 Å². The van der Waals surface area contributed by atoms with Gasteiger partial charge in [0.25, 0.3) is 0 Å². The Morgan fingerprint density at radius 1 is 1.11 bits per heavy atom. The number of carbonyl (C=O) groups is 1. The molecule has 1 amide bonds. The Morgan fingerprint density at radius 2 is 1.78 bits per heavy atom. The van der Waals surface area contributed by atoms with Crippen molar-refractivity contribution in [1.82, 2.24) is 5.43 Å². The van der Waals surface area contributed by atoms with Crippen LogP contribution < -0.4 is 19.6 Å². The zero-order valence-electron chi connectivity index (χ0n) is 14.9. The second-order valence-corrected chi connectivity index (χ2v) is 6.94. The molecular weight excluding hydrogens is 484 g/mol. The molecule has 0 saturated carbocycles. The molecule has 0 radical (unpaired) electrons. The van der Waals surface area contributed by atoms with E-state index in [1.165, 1.54) is 20.4 Å². The Bertz CT molecular complexity index is 871. The fraction of sp³-hybridized carbons (Fsp3) is 0.222. The first kappa shape index (κ1) is 21.0. The summed E-state index contributed by atoms with van der Waals surface area (Å²) in [5.41, 5.74) is 3.54. The number of nitrogens with one attached hydrogen (secondary N) is 1. The van der Waals surface area contributed by atoms with Gasteiger partial charge >= 0.3 is 0 Å². The Labute approximate surface area is 173 Å². The van der Waals surface area contributed by atoms with E-state index in [0.717, 1.165) is 5.56 Å². The summed E-state index contributed by atoms with van der Waals surface area (Å²) in [4.78, 5) is 12.1. The number of amides is 1. The minimum Gasteiger partial charge on any atom is -0.504 e. The van der Waals surface area contributed by atoms with Crippen molar-refractivity contribution in [3.63, 3.8) is 0 Å². The van der Waals surface area contributed by atoms with Crippen LogP contribution in [-0.2, 0) is 11.2 Å². The van der Waals surface area contributed by atoms with E-state index in [0.29, 0.717) is 26.0 Å². The van der Waals surface area contributed by atoms with Crippen LogP contribution in [0.5, 0.6) is 23.0 Å². The Morgan fingerprint density at radius 3 is 2.41 bits per heavy atom. The molecule has 7 nitrogen and oxygen atoms in total. The van der Waals surface area contributed by atoms with Gasteiger partial charge in [0.2, 0.25) is 5.91 Å². The highest BCUT2D eigenvalue weighted by Crippen LogP contribution is 2.39. The number of methoxy groups -OCH3 is 3. The summed E-state index contributed by atoms with van der Waals surface area (Å²) in [5.74, 6) is 0.995. The monoisotopic (exact) mass is 500 g/mol. The number of nitrogens with zero attached hydrogens (tertiary/aromatic N) is 1. The second-order valence-electron chi connectivity index (χ2n) is 5.30. The van der Waals surface area contributed by atoms with E-state index in [1.807, 2.05) is 0 Å². The summed E-state index contributed by atoms with van der Waals surface area (Å²) in [6.45, 7) is 0. The van der Waals surface area contributed by atoms with Gasteiger partial charge in [-0.1, -0.05) is 6.07 Å². The quantitative estimate of drug-likeness (QED) is 0.446. The van der Waals surface area contributed by atoms with Crippen molar-refractivity contribution in [2.24, 2.45) is 5.10 Å². The van der Waals surface area contributed by atoms with Gasteiger partial charge < -0.3 is 19.3 Å². The van der Waals surface area contributed by atoms with E-state index in [4.69, 9.17) is 14.2 Å². The molecule has 0 atom stereocenters. The number of phenols is 1. The topological polar surface area (TPSA) is 89.4 Å². The summed E-state index contributed by atoms with van der Waals surface area (Å²) in [6.07, 6.45) is 1.44. The highest BCUT2D eigenvalue weighted by molar-refractivity contribution is 9.13. The van der Waals surface area contributed by atoms with Crippen LogP contribution in [-0.4, -0.2) is 38.6 Å². The lowest BCUT2D eigenvalue weighted by atomic mass is 10.1. The van der Waals surface area contributed by atoms with Crippen molar-refractivity contribution in [2.45, 2.75) is 6.42 Å². The van der Waals surface area contributed by atoms with Gasteiger partial charge in [-0.25, -0.2) is 5.43 Å². The molecule has 27 heavy (non-hydrogen) atoms. The van der Waals surface area contributed by atoms with Crippen LogP contribution in [0.4, 0.5) is 0 Å². The number of hydrogen-bond donors (Lipinski definition) is 2. The first-order chi connectivity index (χ1) is 12.9. The molecule has 0 saturated heterocycles. The molecule has 0 unspecified atom stereocenters. The summed E-state index contributed by atoms with van der Waals surface area (Å²) in [7, 11) is 4.52. The first-order valence-electron chi connectivity index (χ1n) is 7.69. The van der Waals surface area contributed by atoms with Crippen molar-refractivity contribution >= 4 is 44.0 Å². The minimum absolute atomic E-state index is 0.0922. The molecule has 9 heteroatoms. The van der Waals surface area contributed by atoms with Gasteiger partial charge in [0.15, 0.2) is 23.0 Å². The number of phenolic OH excluding ortho intramolecular Hbond substituents is 1. The zero-order chi connectivity index (χ0) is 20.0. The number of rotatable bonds is 7. The lowest BCUT2D eigenvalue weighted by molar-refractivity contribution is -0.120. The molecule has 2 aromatic carbocycles. The normalized spacial score (nSPS) is 10.7. The third-order valence-electron chi connectivity index (χ3n) is 3.61. The SMILES string of the molecule is COc1ccc(CC(=O)N/N=C\c2c(O)c(OC)cc(Br)c2Br)cc1OC. The van der Waals surface area contributed by atoms with Gasteiger partial charge in [-0.2, -0.15) is 5.10 Å². The summed E-state index contributed by atoms with van der Waals surface area (Å²) in [5, 5.41) is 14.1. The Kier molecular flexibility index (Phi) is 7.49. The molecule has 2 aromatic rings. The van der Waals surface area contributed by atoms with Crippen LogP contribution in [0.2, 0.25) is 0 Å². The Balaban J connectivity index is 2.09. The molecule has 2 rings (SSSR count). The standard InChI is InChI=1S/C18H18Br2N2O5/c1-25-13-5-4-10(6-14(13)26-2)7-16(23)22-21-9-11-17(20)12(19)8-15(27-3)18(11)24/h4-6,8-9,24H,7H2,1-3H3,(H,22,23)/b21-9-. The molecule has 0 fully saturated rings. The van der Waals surface area contributed by atoms with Crippen molar-refractivity contribution in [3.8, 4) is 23.0 Å². The van der Waals surface area contributed by atoms with Crippen molar-refractivity contribution in [3.05, 3.63) is 44.3 Å². The maximum absolute atomic E-state index is 12.1. The third kappa shape index (κ3) is 5.14. The van der Waals surface area contributed by atoms with Crippen LogP contribution in [0.25, 0.3) is 0 Å². The maximum Gasteiger partial charge on any atom is 0.244 e. The lowest BCUT2D eigenvalue weighted by Crippen LogP contribution is -2.19. The second kappa shape index (κ2) is 9.61. The van der Waals surface area contributed by atoms with E-state index in [9.17, 15) is 9.90 Å². The zero-order valence-corrected chi connectivity index (χ0v) is 18.0. The minimum atomic E-state index is -0.323. The number of carbonyl (C=O) groups excluding carboxylic acids is 1.